The highest BCUT2D eigenvalue weighted by Crippen LogP contribution is 2.43. The summed E-state index contributed by atoms with van der Waals surface area (Å²) in [5, 5.41) is 0. The summed E-state index contributed by atoms with van der Waals surface area (Å²) < 4.78 is 1.34. The van der Waals surface area contributed by atoms with Gasteiger partial charge >= 0.3 is 0 Å². The third-order valence-corrected chi connectivity index (χ3v) is 4.10. The van der Waals surface area contributed by atoms with Crippen LogP contribution < -0.4 is 0 Å². The molecule has 0 heterocycles. The molecule has 0 aromatic carbocycles. The number of hydrogen-bond donors (Lipinski definition) is 0. The van der Waals surface area contributed by atoms with Gasteiger partial charge in [-0.3, -0.25) is 0 Å². The summed E-state index contributed by atoms with van der Waals surface area (Å²) in [6, 6.07) is 0. The van der Waals surface area contributed by atoms with Gasteiger partial charge in [0, 0.05) is 0 Å². The van der Waals surface area contributed by atoms with Crippen LogP contribution in [0.5, 0.6) is 0 Å². The van der Waals surface area contributed by atoms with Crippen LogP contribution in [-0.2, 0) is 0 Å². The Hall–Kier alpha value is -0.0400. The van der Waals surface area contributed by atoms with Crippen LogP contribution in [0.15, 0.2) is 22.2 Å². The van der Waals surface area contributed by atoms with Crippen molar-refractivity contribution in [2.24, 2.45) is 16.7 Å². The molecule has 1 unspecified atom stereocenters. The van der Waals surface area contributed by atoms with Gasteiger partial charge in [0.25, 0.3) is 0 Å². The Morgan fingerprint density at radius 3 is 2.00 bits per heavy atom. The van der Waals surface area contributed by atoms with Gasteiger partial charge < -0.3 is 0 Å². The lowest BCUT2D eigenvalue weighted by Crippen LogP contribution is -2.27. The van der Waals surface area contributed by atoms with E-state index < -0.39 is 0 Å². The summed E-state index contributed by atoms with van der Waals surface area (Å²) in [7, 11) is 0. The summed E-state index contributed by atoms with van der Waals surface area (Å²) in [6.07, 6.45) is 8.24. The standard InChI is InChI=1S/C16H27Br/c1-15(2,3)11-14(16(4,5)6)12-7-9-13(17)10-8-12/h7,9,14H,8,10-11H2,1-6H3. The van der Waals surface area contributed by atoms with Crippen molar-refractivity contribution < 1.29 is 0 Å². The van der Waals surface area contributed by atoms with E-state index in [1.165, 1.54) is 23.7 Å². The average Bonchev–Trinajstić information content (AvgIpc) is 2.13. The zero-order chi connectivity index (χ0) is 13.3. The van der Waals surface area contributed by atoms with Gasteiger partial charge in [0.15, 0.2) is 0 Å². The van der Waals surface area contributed by atoms with E-state index in [1.807, 2.05) is 0 Å². The Labute approximate surface area is 116 Å². The van der Waals surface area contributed by atoms with E-state index in [0.717, 1.165) is 0 Å². The van der Waals surface area contributed by atoms with Gasteiger partial charge in [0.1, 0.15) is 0 Å². The normalized spacial score (nSPS) is 19.7. The zero-order valence-corrected chi connectivity index (χ0v) is 13.8. The second-order valence-electron chi connectivity index (χ2n) is 7.54. The first-order chi connectivity index (χ1) is 7.59. The molecular formula is C16H27Br. The monoisotopic (exact) mass is 298 g/mol. The van der Waals surface area contributed by atoms with Crippen molar-refractivity contribution in [3.8, 4) is 0 Å². The summed E-state index contributed by atoms with van der Waals surface area (Å²) in [6.45, 7) is 14.2. The van der Waals surface area contributed by atoms with E-state index in [-0.39, 0.29) is 0 Å². The number of halogens is 1. The minimum absolute atomic E-state index is 0.358. The molecule has 0 nitrogen and oxygen atoms in total. The topological polar surface area (TPSA) is 0 Å². The van der Waals surface area contributed by atoms with Crippen LogP contribution in [0, 0.1) is 16.7 Å². The van der Waals surface area contributed by atoms with Crippen LogP contribution in [0.25, 0.3) is 0 Å². The lowest BCUT2D eigenvalue weighted by Gasteiger charge is -2.38. The maximum atomic E-state index is 3.59. The number of rotatable bonds is 2. The highest BCUT2D eigenvalue weighted by molar-refractivity contribution is 9.11. The van der Waals surface area contributed by atoms with E-state index in [9.17, 15) is 0 Å². The van der Waals surface area contributed by atoms with E-state index in [1.54, 1.807) is 5.57 Å². The van der Waals surface area contributed by atoms with Gasteiger partial charge in [-0.05, 0) is 40.5 Å². The maximum Gasteiger partial charge on any atom is -0.00462 e. The van der Waals surface area contributed by atoms with Gasteiger partial charge in [-0.2, -0.15) is 0 Å². The first-order valence-electron chi connectivity index (χ1n) is 6.65. The highest BCUT2D eigenvalue weighted by atomic mass is 79.9. The molecule has 0 amide bonds. The first-order valence-corrected chi connectivity index (χ1v) is 7.44. The van der Waals surface area contributed by atoms with E-state index in [2.05, 4.69) is 69.6 Å². The van der Waals surface area contributed by atoms with Crippen LogP contribution in [0.4, 0.5) is 0 Å². The molecule has 1 rings (SSSR count). The average molecular weight is 299 g/mol. The molecule has 0 saturated carbocycles. The predicted octanol–water partition coefficient (Wildman–Crippen LogP) is 6.08. The quantitative estimate of drug-likeness (QED) is 0.579. The number of hydrogen-bond acceptors (Lipinski definition) is 0. The molecular weight excluding hydrogens is 272 g/mol. The van der Waals surface area contributed by atoms with Gasteiger partial charge in [-0.15, -0.1) is 0 Å². The van der Waals surface area contributed by atoms with Gasteiger partial charge in [-0.1, -0.05) is 75.2 Å². The summed E-state index contributed by atoms with van der Waals surface area (Å²) >= 11 is 3.59. The third kappa shape index (κ3) is 4.99. The highest BCUT2D eigenvalue weighted by Gasteiger charge is 2.31. The molecule has 0 saturated heterocycles. The van der Waals surface area contributed by atoms with E-state index in [4.69, 9.17) is 0 Å². The molecule has 1 atom stereocenters. The Balaban J connectivity index is 2.92. The molecule has 0 aromatic heterocycles. The van der Waals surface area contributed by atoms with Crippen molar-refractivity contribution in [1.29, 1.82) is 0 Å². The Morgan fingerprint density at radius 1 is 1.06 bits per heavy atom. The molecule has 1 heteroatoms. The first kappa shape index (κ1) is 15.0. The van der Waals surface area contributed by atoms with Gasteiger partial charge in [0.2, 0.25) is 0 Å². The minimum atomic E-state index is 0.358. The lowest BCUT2D eigenvalue weighted by atomic mass is 9.67. The van der Waals surface area contributed by atoms with Crippen molar-refractivity contribution in [3.05, 3.63) is 22.2 Å². The second kappa shape index (κ2) is 5.30. The molecule has 98 valence electrons. The summed E-state index contributed by atoms with van der Waals surface area (Å²) in [5.41, 5.74) is 2.39. The molecule has 0 N–H and O–H groups in total. The molecule has 1 aliphatic carbocycles. The van der Waals surface area contributed by atoms with Crippen molar-refractivity contribution in [3.63, 3.8) is 0 Å². The molecule has 0 bridgehead atoms. The largest absolute Gasteiger partial charge is 0.0662 e. The van der Waals surface area contributed by atoms with Crippen molar-refractivity contribution >= 4 is 15.9 Å². The fraction of sp³-hybridized carbons (Fsp3) is 0.750. The fourth-order valence-corrected chi connectivity index (χ4v) is 2.85. The zero-order valence-electron chi connectivity index (χ0n) is 12.2. The van der Waals surface area contributed by atoms with Crippen LogP contribution in [0.3, 0.4) is 0 Å². The molecule has 0 fully saturated rings. The van der Waals surface area contributed by atoms with Crippen molar-refractivity contribution in [2.75, 3.05) is 0 Å². The molecule has 17 heavy (non-hydrogen) atoms. The van der Waals surface area contributed by atoms with E-state index >= 15 is 0 Å². The fourth-order valence-electron chi connectivity index (χ4n) is 2.52. The smallest absolute Gasteiger partial charge is 0.00462 e. The minimum Gasteiger partial charge on any atom is -0.0662 e. The van der Waals surface area contributed by atoms with Crippen LogP contribution in [0.2, 0.25) is 0 Å². The van der Waals surface area contributed by atoms with E-state index in [0.29, 0.717) is 16.7 Å². The molecule has 0 aromatic rings. The van der Waals surface area contributed by atoms with Crippen LogP contribution >= 0.6 is 15.9 Å². The summed E-state index contributed by atoms with van der Waals surface area (Å²) in [4.78, 5) is 0. The van der Waals surface area contributed by atoms with Crippen LogP contribution in [-0.4, -0.2) is 0 Å². The molecule has 0 aliphatic heterocycles. The molecule has 0 spiro atoms. The lowest BCUT2D eigenvalue weighted by molar-refractivity contribution is 0.192. The number of allylic oxidation sites excluding steroid dienone is 4. The molecule has 1 aliphatic rings. The second-order valence-corrected chi connectivity index (χ2v) is 8.56. The SMILES string of the molecule is CC(C)(C)CC(C1=CC=C(Br)CC1)C(C)(C)C. The van der Waals surface area contributed by atoms with Crippen molar-refractivity contribution in [1.82, 2.24) is 0 Å². The third-order valence-electron chi connectivity index (χ3n) is 3.44. The van der Waals surface area contributed by atoms with Gasteiger partial charge in [0.05, 0.1) is 0 Å². The van der Waals surface area contributed by atoms with Crippen LogP contribution in [0.1, 0.15) is 60.8 Å². The Kier molecular flexibility index (Phi) is 4.68. The predicted molar refractivity (Wildman–Crippen MR) is 81.3 cm³/mol. The summed E-state index contributed by atoms with van der Waals surface area (Å²) in [5.74, 6) is 0.694. The van der Waals surface area contributed by atoms with Gasteiger partial charge in [-0.25, -0.2) is 0 Å². The Morgan fingerprint density at radius 2 is 1.65 bits per heavy atom. The Bertz CT molecular complexity index is 320. The molecule has 0 radical (unpaired) electrons. The maximum absolute atomic E-state index is 3.59. The van der Waals surface area contributed by atoms with Crippen molar-refractivity contribution in [2.45, 2.75) is 60.8 Å².